The lowest BCUT2D eigenvalue weighted by Crippen LogP contribution is -2.43. The molecule has 5 heteroatoms. The summed E-state index contributed by atoms with van der Waals surface area (Å²) in [6, 6.07) is 5.35. The Labute approximate surface area is 143 Å². The molecular weight excluding hydrogens is 304 g/mol. The van der Waals surface area contributed by atoms with Gasteiger partial charge in [0.15, 0.2) is 5.78 Å². The van der Waals surface area contributed by atoms with E-state index in [9.17, 15) is 15.0 Å². The normalized spacial score (nSPS) is 23.7. The molecule has 1 saturated carbocycles. The number of ketones is 1. The summed E-state index contributed by atoms with van der Waals surface area (Å²) in [7, 11) is 2.07. The van der Waals surface area contributed by atoms with Crippen molar-refractivity contribution in [3.8, 4) is 0 Å². The molecule has 2 aliphatic rings. The average molecular weight is 332 g/mol. The first-order chi connectivity index (χ1) is 11.5. The molecule has 1 aromatic rings. The van der Waals surface area contributed by atoms with Gasteiger partial charge in [-0.05, 0) is 61.9 Å². The number of benzene rings is 1. The topological polar surface area (TPSA) is 72.8 Å². The maximum Gasteiger partial charge on any atom is 0.180 e. The van der Waals surface area contributed by atoms with Crippen LogP contribution < -0.4 is 5.32 Å². The molecule has 132 valence electrons. The Balaban J connectivity index is 1.78. The van der Waals surface area contributed by atoms with Gasteiger partial charge in [-0.3, -0.25) is 9.69 Å². The Hall–Kier alpha value is -1.43. The Morgan fingerprint density at radius 3 is 2.62 bits per heavy atom. The molecule has 2 unspecified atom stereocenters. The Morgan fingerprint density at radius 2 is 2.00 bits per heavy atom. The second kappa shape index (κ2) is 7.21. The van der Waals surface area contributed by atoms with Crippen molar-refractivity contribution < 1.29 is 15.0 Å². The van der Waals surface area contributed by atoms with Gasteiger partial charge < -0.3 is 15.5 Å². The molecule has 24 heavy (non-hydrogen) atoms. The minimum Gasteiger partial charge on any atom is -0.394 e. The van der Waals surface area contributed by atoms with Crippen LogP contribution in [0.4, 0.5) is 5.69 Å². The highest BCUT2D eigenvalue weighted by Crippen LogP contribution is 2.37. The number of nitrogens with zero attached hydrogens (tertiary/aromatic N) is 1. The van der Waals surface area contributed by atoms with E-state index in [1.807, 2.05) is 18.2 Å². The van der Waals surface area contributed by atoms with Gasteiger partial charge in [-0.1, -0.05) is 6.92 Å². The summed E-state index contributed by atoms with van der Waals surface area (Å²) in [5, 5.41) is 21.5. The van der Waals surface area contributed by atoms with Gasteiger partial charge in [0, 0.05) is 17.8 Å². The lowest BCUT2D eigenvalue weighted by Gasteiger charge is -2.34. The van der Waals surface area contributed by atoms with Gasteiger partial charge in [0.05, 0.1) is 25.3 Å². The summed E-state index contributed by atoms with van der Waals surface area (Å²) in [6.07, 6.45) is 3.44. The summed E-state index contributed by atoms with van der Waals surface area (Å²) >= 11 is 0. The number of hydrogen-bond donors (Lipinski definition) is 3. The number of hydrogen-bond acceptors (Lipinski definition) is 5. The Kier molecular flexibility index (Phi) is 5.23. The van der Waals surface area contributed by atoms with Crippen molar-refractivity contribution in [2.45, 2.75) is 44.2 Å². The number of Topliss-reactive ketones (excluding diaryl/α,β-unsaturated/α-hetero) is 1. The van der Waals surface area contributed by atoms with E-state index in [-0.39, 0.29) is 31.1 Å². The highest BCUT2D eigenvalue weighted by molar-refractivity contribution is 6.03. The molecule has 1 fully saturated rings. The van der Waals surface area contributed by atoms with Gasteiger partial charge in [-0.2, -0.15) is 0 Å². The third kappa shape index (κ3) is 3.63. The third-order valence-electron chi connectivity index (χ3n) is 5.31. The maximum atomic E-state index is 12.9. The number of rotatable bonds is 7. The van der Waals surface area contributed by atoms with E-state index >= 15 is 0 Å². The van der Waals surface area contributed by atoms with Crippen LogP contribution in [0, 0.1) is 5.92 Å². The third-order valence-corrected chi connectivity index (χ3v) is 5.31. The van der Waals surface area contributed by atoms with Gasteiger partial charge in [0.1, 0.15) is 0 Å². The highest BCUT2D eigenvalue weighted by atomic mass is 16.3. The number of aliphatic hydroxyl groups is 2. The second-order valence-electron chi connectivity index (χ2n) is 7.41. The average Bonchev–Trinajstić information content (AvgIpc) is 3.39. The summed E-state index contributed by atoms with van der Waals surface area (Å²) in [5.74, 6) is 1.31. The largest absolute Gasteiger partial charge is 0.394 e. The van der Waals surface area contributed by atoms with E-state index in [2.05, 4.69) is 24.2 Å². The minimum absolute atomic E-state index is 0.0189. The zero-order valence-corrected chi connectivity index (χ0v) is 14.5. The lowest BCUT2D eigenvalue weighted by atomic mass is 9.79. The quantitative estimate of drug-likeness (QED) is 0.711. The monoisotopic (exact) mass is 332 g/mol. The van der Waals surface area contributed by atoms with E-state index in [4.69, 9.17) is 0 Å². The van der Waals surface area contributed by atoms with Crippen LogP contribution in [0.1, 0.15) is 48.0 Å². The molecule has 0 amide bonds. The van der Waals surface area contributed by atoms with Crippen LogP contribution in [0.3, 0.4) is 0 Å². The van der Waals surface area contributed by atoms with Crippen molar-refractivity contribution in [3.05, 3.63) is 29.3 Å². The number of nitrogens with one attached hydrogen (secondary N) is 1. The Morgan fingerprint density at radius 1 is 1.29 bits per heavy atom. The molecular formula is C19H28N2O3. The van der Waals surface area contributed by atoms with Gasteiger partial charge in [-0.25, -0.2) is 0 Å². The molecule has 0 bridgehead atoms. The molecule has 0 aromatic heterocycles. The first-order valence-electron chi connectivity index (χ1n) is 8.90. The first kappa shape index (κ1) is 17.4. The van der Waals surface area contributed by atoms with E-state index in [0.29, 0.717) is 5.92 Å². The van der Waals surface area contributed by atoms with Crippen molar-refractivity contribution in [3.63, 3.8) is 0 Å². The molecule has 0 radical (unpaired) electrons. The standard InChI is InChI=1S/C19H28N2O3/c1-12-7-18(21(2)9-13-3-4-13)19(24)16-6-5-14(8-17(12)16)20-15(10-22)11-23/h5-6,8,12-13,15,18,20,22-23H,3-4,7,9-11H2,1-2H3. The number of carbonyl (C=O) groups is 1. The van der Waals surface area contributed by atoms with Crippen LogP contribution in [0.25, 0.3) is 0 Å². The number of carbonyl (C=O) groups excluding carboxylic acids is 1. The predicted molar refractivity (Wildman–Crippen MR) is 94.5 cm³/mol. The van der Waals surface area contributed by atoms with Gasteiger partial charge in [0.2, 0.25) is 0 Å². The molecule has 3 rings (SSSR count). The van der Waals surface area contributed by atoms with Crippen molar-refractivity contribution >= 4 is 11.5 Å². The Bertz CT molecular complexity index is 596. The fraction of sp³-hybridized carbons (Fsp3) is 0.632. The molecule has 2 atom stereocenters. The lowest BCUT2D eigenvalue weighted by molar-refractivity contribution is 0.0809. The van der Waals surface area contributed by atoms with Gasteiger partial charge in [-0.15, -0.1) is 0 Å². The molecule has 2 aliphatic carbocycles. The predicted octanol–water partition coefficient (Wildman–Crippen LogP) is 1.85. The van der Waals surface area contributed by atoms with Crippen LogP contribution in [-0.2, 0) is 0 Å². The fourth-order valence-corrected chi connectivity index (χ4v) is 3.63. The van der Waals surface area contributed by atoms with Crippen molar-refractivity contribution in [2.75, 3.05) is 32.1 Å². The summed E-state index contributed by atoms with van der Waals surface area (Å²) < 4.78 is 0. The van der Waals surface area contributed by atoms with Crippen LogP contribution in [0.5, 0.6) is 0 Å². The van der Waals surface area contributed by atoms with Gasteiger partial charge >= 0.3 is 0 Å². The molecule has 0 aliphatic heterocycles. The summed E-state index contributed by atoms with van der Waals surface area (Å²) in [6.45, 7) is 2.93. The second-order valence-corrected chi connectivity index (χ2v) is 7.41. The van der Waals surface area contributed by atoms with Crippen LogP contribution in [-0.4, -0.2) is 59.8 Å². The van der Waals surface area contributed by atoms with Crippen molar-refractivity contribution in [1.29, 1.82) is 0 Å². The van der Waals surface area contributed by atoms with E-state index in [0.717, 1.165) is 35.7 Å². The van der Waals surface area contributed by atoms with Crippen LogP contribution >= 0.6 is 0 Å². The zero-order valence-electron chi connectivity index (χ0n) is 14.5. The number of anilines is 1. The van der Waals surface area contributed by atoms with E-state index in [1.165, 1.54) is 12.8 Å². The van der Waals surface area contributed by atoms with E-state index < -0.39 is 0 Å². The molecule has 5 nitrogen and oxygen atoms in total. The van der Waals surface area contributed by atoms with E-state index in [1.54, 1.807) is 0 Å². The van der Waals surface area contributed by atoms with Crippen LogP contribution in [0.2, 0.25) is 0 Å². The number of fused-ring (bicyclic) bond motifs is 1. The number of aliphatic hydroxyl groups excluding tert-OH is 2. The first-order valence-corrected chi connectivity index (χ1v) is 8.90. The molecule has 0 heterocycles. The summed E-state index contributed by atoms with van der Waals surface area (Å²) in [4.78, 5) is 15.1. The molecule has 1 aromatic carbocycles. The van der Waals surface area contributed by atoms with Crippen molar-refractivity contribution in [2.24, 2.45) is 5.92 Å². The fourth-order valence-electron chi connectivity index (χ4n) is 3.63. The number of likely N-dealkylation sites (N-methyl/N-ethyl adjacent to an activating group) is 1. The van der Waals surface area contributed by atoms with Gasteiger partial charge in [0.25, 0.3) is 0 Å². The molecule has 0 saturated heterocycles. The van der Waals surface area contributed by atoms with Crippen LogP contribution in [0.15, 0.2) is 18.2 Å². The summed E-state index contributed by atoms with van der Waals surface area (Å²) in [5.41, 5.74) is 2.72. The highest BCUT2D eigenvalue weighted by Gasteiger charge is 2.36. The zero-order chi connectivity index (χ0) is 17.3. The molecule has 3 N–H and O–H groups in total. The molecule has 0 spiro atoms. The maximum absolute atomic E-state index is 12.9. The smallest absolute Gasteiger partial charge is 0.180 e. The SMILES string of the molecule is CC1CC(N(C)CC2CC2)C(=O)c2ccc(NC(CO)CO)cc21. The minimum atomic E-state index is -0.380. The van der Waals surface area contributed by atoms with Crippen molar-refractivity contribution in [1.82, 2.24) is 4.90 Å².